The standard InChI is InChI=1S/C15H19N5O2/c1-10-3-4-12(11(7-10)15(21)16-2)17-8-13-18-19-14-9-22-6-5-20(13)14/h3-4,7,17H,5-6,8-9H2,1-2H3,(H,16,21). The molecule has 3 rings (SSSR count). The van der Waals surface area contributed by atoms with Crippen molar-refractivity contribution in [2.75, 3.05) is 19.0 Å². The molecule has 0 spiro atoms. The largest absolute Gasteiger partial charge is 0.377 e. The predicted molar refractivity (Wildman–Crippen MR) is 81.6 cm³/mol. The van der Waals surface area contributed by atoms with Crippen LogP contribution in [0.3, 0.4) is 0 Å². The third kappa shape index (κ3) is 2.80. The quantitative estimate of drug-likeness (QED) is 0.883. The molecule has 0 fully saturated rings. The summed E-state index contributed by atoms with van der Waals surface area (Å²) in [5.41, 5.74) is 2.46. The highest BCUT2D eigenvalue weighted by Gasteiger charge is 2.16. The highest BCUT2D eigenvalue weighted by Crippen LogP contribution is 2.19. The first-order chi connectivity index (χ1) is 10.7. The number of fused-ring (bicyclic) bond motifs is 1. The molecule has 0 atom stereocenters. The van der Waals surface area contributed by atoms with E-state index in [1.54, 1.807) is 7.05 Å². The highest BCUT2D eigenvalue weighted by molar-refractivity contribution is 5.99. The number of aromatic nitrogens is 3. The van der Waals surface area contributed by atoms with Crippen molar-refractivity contribution in [3.63, 3.8) is 0 Å². The number of carbonyl (C=O) groups is 1. The maximum Gasteiger partial charge on any atom is 0.253 e. The van der Waals surface area contributed by atoms with E-state index in [-0.39, 0.29) is 5.91 Å². The van der Waals surface area contributed by atoms with E-state index in [0.29, 0.717) is 25.3 Å². The van der Waals surface area contributed by atoms with Crippen LogP contribution in [0.5, 0.6) is 0 Å². The molecule has 22 heavy (non-hydrogen) atoms. The van der Waals surface area contributed by atoms with Gasteiger partial charge in [0, 0.05) is 19.3 Å². The van der Waals surface area contributed by atoms with Crippen molar-refractivity contribution in [1.29, 1.82) is 0 Å². The molecule has 7 nitrogen and oxygen atoms in total. The number of amides is 1. The minimum atomic E-state index is -0.108. The summed E-state index contributed by atoms with van der Waals surface area (Å²) in [7, 11) is 1.63. The molecule has 2 heterocycles. The van der Waals surface area contributed by atoms with Gasteiger partial charge in [-0.3, -0.25) is 4.79 Å². The molecule has 116 valence electrons. The van der Waals surface area contributed by atoms with E-state index in [2.05, 4.69) is 25.4 Å². The van der Waals surface area contributed by atoms with Gasteiger partial charge in [-0.2, -0.15) is 0 Å². The van der Waals surface area contributed by atoms with Gasteiger partial charge in [0.05, 0.1) is 18.7 Å². The lowest BCUT2D eigenvalue weighted by molar-refractivity contribution is 0.0807. The monoisotopic (exact) mass is 301 g/mol. The van der Waals surface area contributed by atoms with E-state index in [0.717, 1.165) is 29.4 Å². The molecule has 0 radical (unpaired) electrons. The molecule has 0 bridgehead atoms. The molecule has 1 aromatic carbocycles. The highest BCUT2D eigenvalue weighted by atomic mass is 16.5. The Hall–Kier alpha value is -2.41. The number of aryl methyl sites for hydroxylation is 1. The summed E-state index contributed by atoms with van der Waals surface area (Å²) in [6.07, 6.45) is 0. The zero-order valence-corrected chi connectivity index (χ0v) is 12.7. The smallest absolute Gasteiger partial charge is 0.253 e. The van der Waals surface area contributed by atoms with E-state index in [1.807, 2.05) is 25.1 Å². The molecule has 0 aliphatic carbocycles. The fraction of sp³-hybridized carbons (Fsp3) is 0.400. The van der Waals surface area contributed by atoms with Crippen LogP contribution in [0.15, 0.2) is 18.2 Å². The van der Waals surface area contributed by atoms with Gasteiger partial charge in [0.2, 0.25) is 0 Å². The normalized spacial score (nSPS) is 13.5. The van der Waals surface area contributed by atoms with Gasteiger partial charge in [0.25, 0.3) is 5.91 Å². The second-order valence-electron chi connectivity index (χ2n) is 5.22. The minimum absolute atomic E-state index is 0.108. The Morgan fingerprint density at radius 1 is 1.41 bits per heavy atom. The molecule has 0 unspecified atom stereocenters. The van der Waals surface area contributed by atoms with Crippen molar-refractivity contribution in [2.24, 2.45) is 0 Å². The Balaban J connectivity index is 1.79. The first-order valence-electron chi connectivity index (χ1n) is 7.24. The molecule has 1 aromatic heterocycles. The summed E-state index contributed by atoms with van der Waals surface area (Å²) in [4.78, 5) is 12.0. The Bertz CT molecular complexity index is 695. The SMILES string of the molecule is CNC(=O)c1cc(C)ccc1NCc1nnc2n1CCOC2. The maximum atomic E-state index is 12.0. The molecule has 7 heteroatoms. The Morgan fingerprint density at radius 2 is 2.27 bits per heavy atom. The average molecular weight is 301 g/mol. The van der Waals surface area contributed by atoms with E-state index >= 15 is 0 Å². The number of carbonyl (C=O) groups excluding carboxylic acids is 1. The van der Waals surface area contributed by atoms with Crippen LogP contribution in [-0.4, -0.2) is 34.3 Å². The van der Waals surface area contributed by atoms with Crippen molar-refractivity contribution in [3.05, 3.63) is 41.0 Å². The predicted octanol–water partition coefficient (Wildman–Crippen LogP) is 1.09. The number of rotatable bonds is 4. The first kappa shape index (κ1) is 14.5. The molecule has 2 N–H and O–H groups in total. The Morgan fingerprint density at radius 3 is 3.09 bits per heavy atom. The molecule has 1 amide bonds. The van der Waals surface area contributed by atoms with Gasteiger partial charge in [-0.25, -0.2) is 0 Å². The van der Waals surface area contributed by atoms with Gasteiger partial charge in [0.1, 0.15) is 6.61 Å². The van der Waals surface area contributed by atoms with Crippen molar-refractivity contribution in [1.82, 2.24) is 20.1 Å². The van der Waals surface area contributed by atoms with E-state index in [9.17, 15) is 4.79 Å². The number of anilines is 1. The van der Waals surface area contributed by atoms with E-state index < -0.39 is 0 Å². The summed E-state index contributed by atoms with van der Waals surface area (Å²) < 4.78 is 7.41. The fourth-order valence-electron chi connectivity index (χ4n) is 2.50. The van der Waals surface area contributed by atoms with Crippen molar-refractivity contribution >= 4 is 11.6 Å². The third-order valence-corrected chi connectivity index (χ3v) is 3.68. The molecular weight excluding hydrogens is 282 g/mol. The molecule has 0 saturated heterocycles. The van der Waals surface area contributed by atoms with Crippen molar-refractivity contribution < 1.29 is 9.53 Å². The second-order valence-corrected chi connectivity index (χ2v) is 5.22. The van der Waals surface area contributed by atoms with Crippen LogP contribution in [0.4, 0.5) is 5.69 Å². The number of hydrogen-bond donors (Lipinski definition) is 2. The first-order valence-corrected chi connectivity index (χ1v) is 7.24. The summed E-state index contributed by atoms with van der Waals surface area (Å²) in [5, 5.41) is 14.3. The van der Waals surface area contributed by atoms with Gasteiger partial charge in [-0.05, 0) is 19.1 Å². The number of hydrogen-bond acceptors (Lipinski definition) is 5. The number of benzene rings is 1. The second kappa shape index (κ2) is 6.15. The van der Waals surface area contributed by atoms with Crippen LogP contribution in [0.2, 0.25) is 0 Å². The van der Waals surface area contributed by atoms with E-state index in [4.69, 9.17) is 4.74 Å². The zero-order valence-electron chi connectivity index (χ0n) is 12.7. The molecule has 2 aromatic rings. The van der Waals surface area contributed by atoms with Gasteiger partial charge in [0.15, 0.2) is 11.6 Å². The lowest BCUT2D eigenvalue weighted by Gasteiger charge is -2.16. The van der Waals surface area contributed by atoms with Crippen LogP contribution in [0.1, 0.15) is 27.6 Å². The van der Waals surface area contributed by atoms with Crippen molar-refractivity contribution in [3.8, 4) is 0 Å². The minimum Gasteiger partial charge on any atom is -0.377 e. The maximum absolute atomic E-state index is 12.0. The van der Waals surface area contributed by atoms with Gasteiger partial charge in [-0.1, -0.05) is 11.6 Å². The lowest BCUT2D eigenvalue weighted by Crippen LogP contribution is -2.21. The number of nitrogens with one attached hydrogen (secondary N) is 2. The Kier molecular flexibility index (Phi) is 4.06. The van der Waals surface area contributed by atoms with Gasteiger partial charge in [-0.15, -0.1) is 10.2 Å². The van der Waals surface area contributed by atoms with Crippen LogP contribution in [0.25, 0.3) is 0 Å². The summed E-state index contributed by atoms with van der Waals surface area (Å²) in [5.74, 6) is 1.59. The lowest BCUT2D eigenvalue weighted by atomic mass is 10.1. The zero-order chi connectivity index (χ0) is 15.5. The number of nitrogens with zero attached hydrogens (tertiary/aromatic N) is 3. The summed E-state index contributed by atoms with van der Waals surface area (Å²) >= 11 is 0. The van der Waals surface area contributed by atoms with Crippen molar-refractivity contribution in [2.45, 2.75) is 26.6 Å². The summed E-state index contributed by atoms with van der Waals surface area (Å²) in [6.45, 7) is 4.41. The molecule has 0 saturated carbocycles. The van der Waals surface area contributed by atoms with Crippen LogP contribution < -0.4 is 10.6 Å². The topological polar surface area (TPSA) is 81.1 Å². The van der Waals surface area contributed by atoms with Gasteiger partial charge >= 0.3 is 0 Å². The van der Waals surface area contributed by atoms with Crippen LogP contribution in [0, 0.1) is 6.92 Å². The van der Waals surface area contributed by atoms with Crippen LogP contribution in [-0.2, 0) is 24.4 Å². The molecule has 1 aliphatic rings. The fourth-order valence-corrected chi connectivity index (χ4v) is 2.50. The van der Waals surface area contributed by atoms with E-state index in [1.165, 1.54) is 0 Å². The average Bonchev–Trinajstić information content (AvgIpc) is 2.96. The Labute approximate surface area is 128 Å². The van der Waals surface area contributed by atoms with Gasteiger partial charge < -0.3 is 19.9 Å². The van der Waals surface area contributed by atoms with Crippen LogP contribution >= 0.6 is 0 Å². The molecule has 1 aliphatic heterocycles. The molecular formula is C15H19N5O2. The third-order valence-electron chi connectivity index (χ3n) is 3.68. The summed E-state index contributed by atoms with van der Waals surface area (Å²) in [6, 6.07) is 5.76. The number of ether oxygens (including phenoxy) is 1.